The molecule has 0 saturated heterocycles. The van der Waals surface area contributed by atoms with Crippen LogP contribution in [0.5, 0.6) is 0 Å². The van der Waals surface area contributed by atoms with Crippen molar-refractivity contribution in [2.75, 3.05) is 5.88 Å². The number of aryl methyl sites for hydroxylation is 1. The fourth-order valence-electron chi connectivity index (χ4n) is 0.911. The van der Waals surface area contributed by atoms with Crippen LogP contribution in [0.15, 0.2) is 12.3 Å². The molecule has 16 heavy (non-hydrogen) atoms. The van der Waals surface area contributed by atoms with E-state index in [1.807, 2.05) is 0 Å². The molecular formula is C10H16ClF3N2. The lowest BCUT2D eigenvalue weighted by Gasteiger charge is -1.99. The highest BCUT2D eigenvalue weighted by Gasteiger charge is 2.33. The van der Waals surface area contributed by atoms with E-state index >= 15 is 0 Å². The van der Waals surface area contributed by atoms with Gasteiger partial charge in [-0.25, -0.2) is 0 Å². The first-order valence-corrected chi connectivity index (χ1v) is 5.58. The number of alkyl halides is 4. The van der Waals surface area contributed by atoms with E-state index in [4.69, 9.17) is 11.6 Å². The van der Waals surface area contributed by atoms with Crippen LogP contribution in [-0.4, -0.2) is 15.7 Å². The molecule has 1 aromatic heterocycles. The second-order valence-electron chi connectivity index (χ2n) is 3.27. The lowest BCUT2D eigenvalue weighted by Crippen LogP contribution is -2.06. The second kappa shape index (κ2) is 7.54. The molecule has 1 heterocycles. The van der Waals surface area contributed by atoms with E-state index in [1.54, 1.807) is 0 Å². The van der Waals surface area contributed by atoms with Gasteiger partial charge in [0.1, 0.15) is 0 Å². The summed E-state index contributed by atoms with van der Waals surface area (Å²) in [5.41, 5.74) is -0.852. The molecule has 0 aliphatic rings. The van der Waals surface area contributed by atoms with E-state index < -0.39 is 11.9 Å². The van der Waals surface area contributed by atoms with Crippen LogP contribution in [0.25, 0.3) is 0 Å². The van der Waals surface area contributed by atoms with Gasteiger partial charge < -0.3 is 0 Å². The van der Waals surface area contributed by atoms with Crippen molar-refractivity contribution in [3.63, 3.8) is 0 Å². The maximum Gasteiger partial charge on any atom is 0.435 e. The number of unbranched alkanes of at least 4 members (excludes halogenated alkanes) is 2. The van der Waals surface area contributed by atoms with Crippen LogP contribution in [0.2, 0.25) is 0 Å². The molecule has 6 heteroatoms. The van der Waals surface area contributed by atoms with E-state index in [0.717, 1.165) is 16.6 Å². The minimum Gasteiger partial charge on any atom is -0.275 e. The molecule has 0 amide bonds. The first-order chi connectivity index (χ1) is 7.41. The van der Waals surface area contributed by atoms with Crippen molar-refractivity contribution < 1.29 is 13.2 Å². The molecule has 0 bridgehead atoms. The quantitative estimate of drug-likeness (QED) is 0.593. The molecule has 0 unspecified atom stereocenters. The highest BCUT2D eigenvalue weighted by Crippen LogP contribution is 2.26. The SMILES string of the molecule is CCCCCCl.Cn1ccc(C(F)(F)F)n1. The molecular weight excluding hydrogens is 241 g/mol. The molecule has 0 aromatic carbocycles. The lowest BCUT2D eigenvalue weighted by atomic mass is 10.3. The highest BCUT2D eigenvalue weighted by atomic mass is 35.5. The van der Waals surface area contributed by atoms with Crippen LogP contribution < -0.4 is 0 Å². The first-order valence-electron chi connectivity index (χ1n) is 5.04. The van der Waals surface area contributed by atoms with Crippen molar-refractivity contribution in [1.29, 1.82) is 0 Å². The molecule has 0 N–H and O–H groups in total. The Hall–Kier alpha value is -0.710. The molecule has 1 rings (SSSR count). The van der Waals surface area contributed by atoms with Crippen molar-refractivity contribution in [2.24, 2.45) is 7.05 Å². The molecule has 1 aromatic rings. The molecule has 0 spiro atoms. The molecule has 0 fully saturated rings. The maximum atomic E-state index is 11.7. The van der Waals surface area contributed by atoms with E-state index in [0.29, 0.717) is 0 Å². The second-order valence-corrected chi connectivity index (χ2v) is 3.65. The van der Waals surface area contributed by atoms with Crippen molar-refractivity contribution in [2.45, 2.75) is 32.4 Å². The number of hydrogen-bond donors (Lipinski definition) is 0. The molecule has 2 nitrogen and oxygen atoms in total. The summed E-state index contributed by atoms with van der Waals surface area (Å²) in [6.07, 6.45) is 0.665. The van der Waals surface area contributed by atoms with Gasteiger partial charge >= 0.3 is 6.18 Å². The van der Waals surface area contributed by atoms with E-state index in [-0.39, 0.29) is 0 Å². The normalized spacial score (nSPS) is 10.9. The molecule has 0 aliphatic heterocycles. The maximum absolute atomic E-state index is 11.7. The monoisotopic (exact) mass is 256 g/mol. The number of nitrogens with zero attached hydrogens (tertiary/aromatic N) is 2. The van der Waals surface area contributed by atoms with Gasteiger partial charge in [0.2, 0.25) is 0 Å². The first kappa shape index (κ1) is 15.3. The van der Waals surface area contributed by atoms with Crippen LogP contribution in [0.4, 0.5) is 13.2 Å². The smallest absolute Gasteiger partial charge is 0.275 e. The van der Waals surface area contributed by atoms with Gasteiger partial charge in [-0.2, -0.15) is 18.3 Å². The number of halogens is 4. The number of rotatable bonds is 3. The summed E-state index contributed by atoms with van der Waals surface area (Å²) in [5.74, 6) is 0.827. The largest absolute Gasteiger partial charge is 0.435 e. The van der Waals surface area contributed by atoms with Gasteiger partial charge in [0, 0.05) is 19.1 Å². The fraction of sp³-hybridized carbons (Fsp3) is 0.700. The Balaban J connectivity index is 0.000000325. The number of hydrogen-bond acceptors (Lipinski definition) is 1. The van der Waals surface area contributed by atoms with Gasteiger partial charge in [0.25, 0.3) is 0 Å². The molecule has 0 radical (unpaired) electrons. The predicted octanol–water partition coefficient (Wildman–Crippen LogP) is 3.85. The van der Waals surface area contributed by atoms with E-state index in [1.165, 1.54) is 32.5 Å². The lowest BCUT2D eigenvalue weighted by molar-refractivity contribution is -0.141. The zero-order valence-corrected chi connectivity index (χ0v) is 10.1. The van der Waals surface area contributed by atoms with Gasteiger partial charge in [-0.15, -0.1) is 11.6 Å². The summed E-state index contributed by atoms with van der Waals surface area (Å²) in [6, 6.07) is 0.931. The third kappa shape index (κ3) is 6.71. The van der Waals surface area contributed by atoms with E-state index in [9.17, 15) is 13.2 Å². The zero-order chi connectivity index (χ0) is 12.6. The van der Waals surface area contributed by atoms with Crippen LogP contribution in [-0.2, 0) is 13.2 Å². The standard InChI is InChI=1S/C5H11Cl.C5H5F3N2/c1-2-3-4-5-6;1-10-3-2-4(9-10)5(6,7)8/h2-5H2,1H3;2-3H,1H3. The Morgan fingerprint density at radius 2 is 2.00 bits per heavy atom. The highest BCUT2D eigenvalue weighted by molar-refractivity contribution is 6.17. The third-order valence-corrected chi connectivity index (χ3v) is 2.01. The van der Waals surface area contributed by atoms with Gasteiger partial charge in [0.15, 0.2) is 5.69 Å². The average molecular weight is 257 g/mol. The molecule has 0 aliphatic carbocycles. The molecule has 0 atom stereocenters. The number of aromatic nitrogens is 2. The van der Waals surface area contributed by atoms with Crippen LogP contribution >= 0.6 is 11.6 Å². The fourth-order valence-corrected chi connectivity index (χ4v) is 1.10. The van der Waals surface area contributed by atoms with Gasteiger partial charge in [-0.3, -0.25) is 4.68 Å². The third-order valence-electron chi connectivity index (χ3n) is 1.74. The summed E-state index contributed by atoms with van der Waals surface area (Å²) in [7, 11) is 1.44. The van der Waals surface area contributed by atoms with E-state index in [2.05, 4.69) is 12.0 Å². The summed E-state index contributed by atoms with van der Waals surface area (Å²) in [4.78, 5) is 0. The predicted molar refractivity (Wildman–Crippen MR) is 58.5 cm³/mol. The topological polar surface area (TPSA) is 17.8 Å². The average Bonchev–Trinajstić information content (AvgIpc) is 2.62. The summed E-state index contributed by atoms with van der Waals surface area (Å²) < 4.78 is 36.3. The van der Waals surface area contributed by atoms with Gasteiger partial charge in [0.05, 0.1) is 0 Å². The van der Waals surface area contributed by atoms with Crippen molar-refractivity contribution in [1.82, 2.24) is 9.78 Å². The minimum absolute atomic E-state index is 0.827. The van der Waals surface area contributed by atoms with Crippen LogP contribution in [0, 0.1) is 0 Å². The summed E-state index contributed by atoms with van der Waals surface area (Å²) >= 11 is 5.38. The Bertz CT molecular complexity index is 280. The van der Waals surface area contributed by atoms with Crippen molar-refractivity contribution >= 4 is 11.6 Å². The van der Waals surface area contributed by atoms with Crippen LogP contribution in [0.1, 0.15) is 31.9 Å². The minimum atomic E-state index is -4.32. The Morgan fingerprint density at radius 3 is 2.19 bits per heavy atom. The van der Waals surface area contributed by atoms with Gasteiger partial charge in [-0.05, 0) is 12.5 Å². The summed E-state index contributed by atoms with van der Waals surface area (Å²) in [6.45, 7) is 2.17. The zero-order valence-electron chi connectivity index (χ0n) is 9.39. The van der Waals surface area contributed by atoms with Gasteiger partial charge in [-0.1, -0.05) is 19.8 Å². The molecule has 94 valence electrons. The molecule has 0 saturated carbocycles. The summed E-state index contributed by atoms with van der Waals surface area (Å²) in [5, 5.41) is 3.17. The van der Waals surface area contributed by atoms with Crippen molar-refractivity contribution in [3.8, 4) is 0 Å². The van der Waals surface area contributed by atoms with Crippen LogP contribution in [0.3, 0.4) is 0 Å². The Kier molecular flexibility index (Phi) is 7.21. The van der Waals surface area contributed by atoms with Crippen molar-refractivity contribution in [3.05, 3.63) is 18.0 Å². The Morgan fingerprint density at radius 1 is 1.38 bits per heavy atom. The Labute approximate surface area is 98.4 Å².